The van der Waals surface area contributed by atoms with Crippen LogP contribution in [0.3, 0.4) is 0 Å². The van der Waals surface area contributed by atoms with Crippen molar-refractivity contribution in [3.05, 3.63) is 35.6 Å². The topological polar surface area (TPSA) is 55.5 Å². The van der Waals surface area contributed by atoms with Crippen LogP contribution < -0.4 is 5.73 Å². The highest BCUT2D eigenvalue weighted by Gasteiger charge is 2.56. The van der Waals surface area contributed by atoms with E-state index >= 15 is 0 Å². The van der Waals surface area contributed by atoms with Crippen molar-refractivity contribution in [2.45, 2.75) is 30.6 Å². The van der Waals surface area contributed by atoms with Crippen LogP contribution in [-0.4, -0.2) is 29.8 Å². The fraction of sp³-hybridized carbons (Fsp3) is 0.500. The van der Waals surface area contributed by atoms with E-state index in [0.29, 0.717) is 0 Å². The van der Waals surface area contributed by atoms with Gasteiger partial charge in [0.1, 0.15) is 24.6 Å². The molecule has 2 rings (SSSR count). The molecule has 1 aromatic rings. The van der Waals surface area contributed by atoms with E-state index < -0.39 is 36.1 Å². The van der Waals surface area contributed by atoms with Crippen molar-refractivity contribution in [2.75, 3.05) is 6.61 Å². The van der Waals surface area contributed by atoms with Gasteiger partial charge in [-0.2, -0.15) is 0 Å². The Kier molecular flexibility index (Phi) is 3.12. The molecule has 0 aliphatic carbocycles. The van der Waals surface area contributed by atoms with Gasteiger partial charge < -0.3 is 15.6 Å². The van der Waals surface area contributed by atoms with Crippen LogP contribution >= 0.6 is 0 Å². The maximum absolute atomic E-state index is 13.7. The lowest BCUT2D eigenvalue weighted by atomic mass is 9.84. The zero-order chi connectivity index (χ0) is 13.6. The summed E-state index contributed by atoms with van der Waals surface area (Å²) in [5, 5.41) is 9.53. The smallest absolute Gasteiger partial charge is 0.298 e. The molecule has 1 saturated heterocycles. The third kappa shape index (κ3) is 2.00. The molecule has 1 heterocycles. The van der Waals surface area contributed by atoms with Gasteiger partial charge in [-0.15, -0.1) is 0 Å². The minimum absolute atomic E-state index is 0.0340. The van der Waals surface area contributed by atoms with Crippen LogP contribution in [0.25, 0.3) is 0 Å². The maximum Gasteiger partial charge on any atom is 0.298 e. The van der Waals surface area contributed by atoms with Crippen LogP contribution in [0, 0.1) is 5.82 Å². The number of benzene rings is 1. The van der Waals surface area contributed by atoms with E-state index in [9.17, 15) is 18.3 Å². The summed E-state index contributed by atoms with van der Waals surface area (Å²) in [6, 6.07) is 5.58. The highest BCUT2D eigenvalue weighted by Crippen LogP contribution is 2.38. The second-order valence-electron chi connectivity index (χ2n) is 4.70. The minimum Gasteiger partial charge on any atom is -0.384 e. The predicted molar refractivity (Wildman–Crippen MR) is 58.6 cm³/mol. The molecule has 0 bridgehead atoms. The highest BCUT2D eigenvalue weighted by molar-refractivity contribution is 5.28. The summed E-state index contributed by atoms with van der Waals surface area (Å²) in [6.07, 6.45) is -3.41. The van der Waals surface area contributed by atoms with Gasteiger partial charge in [0.15, 0.2) is 0 Å². The quantitative estimate of drug-likeness (QED) is 0.846. The van der Waals surface area contributed by atoms with Crippen molar-refractivity contribution in [1.82, 2.24) is 0 Å². The third-order valence-electron chi connectivity index (χ3n) is 3.22. The molecule has 1 fully saturated rings. The summed E-state index contributed by atoms with van der Waals surface area (Å²) in [7, 11) is 0. The summed E-state index contributed by atoms with van der Waals surface area (Å²) < 4.78 is 44.9. The second kappa shape index (κ2) is 4.22. The number of hydrogen-bond acceptors (Lipinski definition) is 3. The van der Waals surface area contributed by atoms with Crippen LogP contribution in [0.2, 0.25) is 0 Å². The minimum atomic E-state index is -3.36. The number of nitrogens with two attached hydrogens (primary N) is 1. The lowest BCUT2D eigenvalue weighted by Gasteiger charge is -2.33. The predicted octanol–water partition coefficient (Wildman–Crippen LogP) is 1.39. The van der Waals surface area contributed by atoms with Gasteiger partial charge in [-0.3, -0.25) is 0 Å². The number of aliphatic hydroxyl groups excluding tert-OH is 1. The normalized spacial score (nSPS) is 30.1. The van der Waals surface area contributed by atoms with Gasteiger partial charge in [-0.25, -0.2) is 13.2 Å². The van der Waals surface area contributed by atoms with E-state index in [2.05, 4.69) is 0 Å². The standard InChI is InChI=1S/C12H14F3NO2/c1-11(16,7-4-2-3-5-8(7)13)10-9(17)12(14,15)6-18-10/h2-5,9-10,17H,6,16H2,1H3/t9-,10-,11+/m0/s1. The maximum atomic E-state index is 13.7. The average molecular weight is 261 g/mol. The zero-order valence-corrected chi connectivity index (χ0v) is 9.74. The number of ether oxygens (including phenoxy) is 1. The molecule has 6 heteroatoms. The van der Waals surface area contributed by atoms with Gasteiger partial charge in [0.25, 0.3) is 5.92 Å². The lowest BCUT2D eigenvalue weighted by Crippen LogP contribution is -2.52. The van der Waals surface area contributed by atoms with Crippen molar-refractivity contribution in [1.29, 1.82) is 0 Å². The molecule has 3 atom stereocenters. The van der Waals surface area contributed by atoms with Gasteiger partial charge in [-0.05, 0) is 13.0 Å². The fourth-order valence-electron chi connectivity index (χ4n) is 2.15. The first-order valence-corrected chi connectivity index (χ1v) is 5.48. The molecular formula is C12H14F3NO2. The molecule has 0 saturated carbocycles. The monoisotopic (exact) mass is 261 g/mol. The molecule has 0 unspecified atom stereocenters. The van der Waals surface area contributed by atoms with Crippen molar-refractivity contribution >= 4 is 0 Å². The Hall–Kier alpha value is -1.11. The Balaban J connectivity index is 2.36. The molecular weight excluding hydrogens is 247 g/mol. The number of hydrogen-bond donors (Lipinski definition) is 2. The summed E-state index contributed by atoms with van der Waals surface area (Å²) in [5.74, 6) is -3.98. The van der Waals surface area contributed by atoms with Gasteiger partial charge in [0.2, 0.25) is 0 Å². The molecule has 18 heavy (non-hydrogen) atoms. The first kappa shape index (κ1) is 13.3. The number of rotatable bonds is 2. The van der Waals surface area contributed by atoms with Crippen LogP contribution in [0.4, 0.5) is 13.2 Å². The number of aliphatic hydroxyl groups is 1. The van der Waals surface area contributed by atoms with Crippen LogP contribution in [-0.2, 0) is 10.3 Å². The lowest BCUT2D eigenvalue weighted by molar-refractivity contribution is -0.0869. The zero-order valence-electron chi connectivity index (χ0n) is 9.74. The largest absolute Gasteiger partial charge is 0.384 e. The Morgan fingerprint density at radius 3 is 2.56 bits per heavy atom. The van der Waals surface area contributed by atoms with Crippen molar-refractivity contribution < 1.29 is 23.0 Å². The summed E-state index contributed by atoms with van der Waals surface area (Å²) in [5.41, 5.74) is 4.39. The van der Waals surface area contributed by atoms with Gasteiger partial charge in [0, 0.05) is 5.56 Å². The van der Waals surface area contributed by atoms with E-state index in [1.54, 1.807) is 6.07 Å². The average Bonchev–Trinajstić information content (AvgIpc) is 2.55. The Morgan fingerprint density at radius 1 is 1.44 bits per heavy atom. The fourth-order valence-corrected chi connectivity index (χ4v) is 2.15. The van der Waals surface area contributed by atoms with Crippen molar-refractivity contribution in [3.63, 3.8) is 0 Å². The molecule has 1 aliphatic heterocycles. The Labute approximate surface area is 102 Å². The summed E-state index contributed by atoms with van der Waals surface area (Å²) in [4.78, 5) is 0. The van der Waals surface area contributed by atoms with E-state index in [4.69, 9.17) is 10.5 Å². The molecule has 100 valence electrons. The van der Waals surface area contributed by atoms with Gasteiger partial charge in [-0.1, -0.05) is 18.2 Å². The molecule has 1 aromatic carbocycles. The van der Waals surface area contributed by atoms with E-state index in [0.717, 1.165) is 0 Å². The second-order valence-corrected chi connectivity index (χ2v) is 4.70. The number of alkyl halides is 2. The molecule has 0 spiro atoms. The van der Waals surface area contributed by atoms with E-state index in [1.165, 1.54) is 25.1 Å². The van der Waals surface area contributed by atoms with E-state index in [1.807, 2.05) is 0 Å². The first-order chi connectivity index (χ1) is 8.27. The first-order valence-electron chi connectivity index (χ1n) is 5.48. The highest BCUT2D eigenvalue weighted by atomic mass is 19.3. The van der Waals surface area contributed by atoms with Gasteiger partial charge >= 0.3 is 0 Å². The van der Waals surface area contributed by atoms with Crippen molar-refractivity contribution in [2.24, 2.45) is 5.73 Å². The van der Waals surface area contributed by atoms with E-state index in [-0.39, 0.29) is 5.56 Å². The molecule has 3 N–H and O–H groups in total. The molecule has 1 aliphatic rings. The SMILES string of the molecule is C[C@@](N)(c1ccccc1F)[C@H]1OCC(F)(F)[C@H]1O. The Morgan fingerprint density at radius 2 is 2.06 bits per heavy atom. The number of halogens is 3. The molecule has 0 radical (unpaired) electrons. The molecule has 0 aromatic heterocycles. The Bertz CT molecular complexity index is 451. The van der Waals surface area contributed by atoms with Crippen LogP contribution in [0.5, 0.6) is 0 Å². The van der Waals surface area contributed by atoms with Gasteiger partial charge in [0.05, 0.1) is 5.54 Å². The molecule has 0 amide bonds. The summed E-state index contributed by atoms with van der Waals surface area (Å²) in [6.45, 7) is 0.445. The van der Waals surface area contributed by atoms with Crippen LogP contribution in [0.15, 0.2) is 24.3 Å². The van der Waals surface area contributed by atoms with Crippen molar-refractivity contribution in [3.8, 4) is 0 Å². The molecule has 3 nitrogen and oxygen atoms in total. The third-order valence-corrected chi connectivity index (χ3v) is 3.22. The summed E-state index contributed by atoms with van der Waals surface area (Å²) >= 11 is 0. The van der Waals surface area contributed by atoms with Crippen LogP contribution in [0.1, 0.15) is 12.5 Å².